The molecule has 0 amide bonds. The minimum absolute atomic E-state index is 0.0451. The van der Waals surface area contributed by atoms with Crippen molar-refractivity contribution in [1.82, 2.24) is 14.8 Å². The molecule has 0 bridgehead atoms. The Morgan fingerprint density at radius 1 is 1.19 bits per heavy atom. The Kier molecular flexibility index (Phi) is 3.35. The maximum absolute atomic E-state index is 14.3. The highest BCUT2D eigenvalue weighted by Crippen LogP contribution is 2.37. The van der Waals surface area contributed by atoms with E-state index in [2.05, 4.69) is 10.1 Å². The van der Waals surface area contributed by atoms with E-state index >= 15 is 0 Å². The molecule has 0 spiro atoms. The van der Waals surface area contributed by atoms with Crippen molar-refractivity contribution in [2.45, 2.75) is 0 Å². The van der Waals surface area contributed by atoms with Gasteiger partial charge in [0, 0.05) is 18.8 Å². The average Bonchev–Trinajstić information content (AvgIpc) is 2.78. The van der Waals surface area contributed by atoms with Crippen molar-refractivity contribution in [3.8, 4) is 22.5 Å². The lowest BCUT2D eigenvalue weighted by molar-refractivity contribution is 0.630. The molecule has 0 fully saturated rings. The van der Waals surface area contributed by atoms with Crippen LogP contribution in [0, 0.1) is 5.82 Å². The largest absolute Gasteiger partial charge is 0.383 e. The summed E-state index contributed by atoms with van der Waals surface area (Å²) in [5, 5.41) is 4.36. The van der Waals surface area contributed by atoms with Crippen molar-refractivity contribution in [3.63, 3.8) is 0 Å². The summed E-state index contributed by atoms with van der Waals surface area (Å²) in [5.74, 6) is -0.0995. The first kappa shape index (κ1) is 13.6. The van der Waals surface area contributed by atoms with Gasteiger partial charge in [-0.3, -0.25) is 9.67 Å². The van der Waals surface area contributed by atoms with Crippen molar-refractivity contribution in [1.29, 1.82) is 0 Å². The van der Waals surface area contributed by atoms with Gasteiger partial charge in [-0.15, -0.1) is 0 Å². The fourth-order valence-corrected chi connectivity index (χ4v) is 2.35. The number of hydrogen-bond acceptors (Lipinski definition) is 3. The predicted octanol–water partition coefficient (Wildman–Crippen LogP) is 3.52. The molecule has 0 aliphatic heterocycles. The highest BCUT2D eigenvalue weighted by atomic mass is 35.5. The molecule has 21 heavy (non-hydrogen) atoms. The van der Waals surface area contributed by atoms with Crippen LogP contribution >= 0.6 is 11.6 Å². The van der Waals surface area contributed by atoms with E-state index in [1.165, 1.54) is 10.7 Å². The zero-order valence-electron chi connectivity index (χ0n) is 11.2. The van der Waals surface area contributed by atoms with Gasteiger partial charge in [0.15, 0.2) is 5.82 Å². The Morgan fingerprint density at radius 3 is 2.71 bits per heavy atom. The number of hydrogen-bond donors (Lipinski definition) is 1. The standard InChI is InChI=1S/C15H12ClFN4/c1-21-15(18)12(11-7-2-3-8-19-11)14(20-21)9-5-4-6-10(16)13(9)17/h2-8H,18H2,1H3. The topological polar surface area (TPSA) is 56.7 Å². The van der Waals surface area contributed by atoms with Crippen molar-refractivity contribution < 1.29 is 4.39 Å². The number of aryl methyl sites for hydroxylation is 1. The van der Waals surface area contributed by atoms with Crippen molar-refractivity contribution in [2.24, 2.45) is 7.05 Å². The molecule has 3 aromatic rings. The number of benzene rings is 1. The molecular formula is C15H12ClFN4. The fourth-order valence-electron chi connectivity index (χ4n) is 2.18. The van der Waals surface area contributed by atoms with E-state index in [4.69, 9.17) is 17.3 Å². The molecule has 3 rings (SSSR count). The Balaban J connectivity index is 2.30. The van der Waals surface area contributed by atoms with E-state index in [9.17, 15) is 4.39 Å². The summed E-state index contributed by atoms with van der Waals surface area (Å²) in [5.41, 5.74) is 8.03. The molecule has 0 unspecified atom stereocenters. The second-order valence-electron chi connectivity index (χ2n) is 4.55. The summed E-state index contributed by atoms with van der Waals surface area (Å²) in [6.45, 7) is 0. The second-order valence-corrected chi connectivity index (χ2v) is 4.96. The molecular weight excluding hydrogens is 291 g/mol. The lowest BCUT2D eigenvalue weighted by Gasteiger charge is -2.05. The van der Waals surface area contributed by atoms with Crippen LogP contribution in [-0.2, 0) is 7.05 Å². The number of halogens is 2. The highest BCUT2D eigenvalue weighted by molar-refractivity contribution is 6.31. The van der Waals surface area contributed by atoms with Crippen LogP contribution in [0.1, 0.15) is 0 Å². The van der Waals surface area contributed by atoms with Crippen LogP contribution in [-0.4, -0.2) is 14.8 Å². The van der Waals surface area contributed by atoms with Gasteiger partial charge in [-0.05, 0) is 24.3 Å². The van der Waals surface area contributed by atoms with Crippen molar-refractivity contribution in [3.05, 3.63) is 53.4 Å². The maximum Gasteiger partial charge on any atom is 0.151 e. The van der Waals surface area contributed by atoms with Gasteiger partial charge in [0.1, 0.15) is 11.5 Å². The summed E-state index contributed by atoms with van der Waals surface area (Å²) in [6.07, 6.45) is 1.65. The Bertz CT molecular complexity index is 799. The number of aromatic nitrogens is 3. The summed E-state index contributed by atoms with van der Waals surface area (Å²) in [6, 6.07) is 10.2. The summed E-state index contributed by atoms with van der Waals surface area (Å²) in [7, 11) is 1.70. The van der Waals surface area contributed by atoms with Gasteiger partial charge in [0.2, 0.25) is 0 Å². The molecule has 0 radical (unpaired) electrons. The second kappa shape index (κ2) is 5.18. The third kappa shape index (κ3) is 2.25. The monoisotopic (exact) mass is 302 g/mol. The molecule has 0 aliphatic rings. The zero-order valence-corrected chi connectivity index (χ0v) is 12.0. The van der Waals surface area contributed by atoms with Crippen LogP contribution in [0.3, 0.4) is 0 Å². The van der Waals surface area contributed by atoms with Gasteiger partial charge in [-0.1, -0.05) is 23.7 Å². The molecule has 4 nitrogen and oxygen atoms in total. The van der Waals surface area contributed by atoms with Gasteiger partial charge < -0.3 is 5.73 Å². The van der Waals surface area contributed by atoms with Gasteiger partial charge in [0.25, 0.3) is 0 Å². The van der Waals surface area contributed by atoms with Crippen LogP contribution in [0.4, 0.5) is 10.2 Å². The minimum Gasteiger partial charge on any atom is -0.383 e. The summed E-state index contributed by atoms with van der Waals surface area (Å²) in [4.78, 5) is 4.27. The predicted molar refractivity (Wildman–Crippen MR) is 81.3 cm³/mol. The first-order chi connectivity index (χ1) is 10.1. The van der Waals surface area contributed by atoms with Crippen LogP contribution < -0.4 is 5.73 Å². The highest BCUT2D eigenvalue weighted by Gasteiger charge is 2.21. The Hall–Kier alpha value is -2.40. The molecule has 2 heterocycles. The van der Waals surface area contributed by atoms with Crippen LogP contribution in [0.25, 0.3) is 22.5 Å². The normalized spacial score (nSPS) is 10.8. The average molecular weight is 303 g/mol. The number of rotatable bonds is 2. The van der Waals surface area contributed by atoms with E-state index < -0.39 is 5.82 Å². The van der Waals surface area contributed by atoms with E-state index in [1.54, 1.807) is 37.5 Å². The molecule has 0 aliphatic carbocycles. The lowest BCUT2D eigenvalue weighted by atomic mass is 10.0. The fraction of sp³-hybridized carbons (Fsp3) is 0.0667. The van der Waals surface area contributed by atoms with Gasteiger partial charge in [-0.25, -0.2) is 4.39 Å². The van der Waals surface area contributed by atoms with Gasteiger partial charge in [-0.2, -0.15) is 5.10 Å². The molecule has 1 aromatic carbocycles. The molecule has 6 heteroatoms. The SMILES string of the molecule is Cn1nc(-c2cccc(Cl)c2F)c(-c2ccccn2)c1N. The van der Waals surface area contributed by atoms with Crippen LogP contribution in [0.15, 0.2) is 42.6 Å². The third-order valence-corrected chi connectivity index (χ3v) is 3.51. The first-order valence-electron chi connectivity index (χ1n) is 6.28. The smallest absolute Gasteiger partial charge is 0.151 e. The number of pyridine rings is 1. The van der Waals surface area contributed by atoms with Crippen LogP contribution in [0.2, 0.25) is 5.02 Å². The first-order valence-corrected chi connectivity index (χ1v) is 6.65. The van der Waals surface area contributed by atoms with Crippen molar-refractivity contribution >= 4 is 17.4 Å². The summed E-state index contributed by atoms with van der Waals surface area (Å²) >= 11 is 5.85. The third-order valence-electron chi connectivity index (χ3n) is 3.22. The molecule has 0 saturated heterocycles. The maximum atomic E-state index is 14.3. The number of nitrogens with zero attached hydrogens (tertiary/aromatic N) is 3. The Labute approximate surface area is 126 Å². The molecule has 106 valence electrons. The van der Waals surface area contributed by atoms with E-state index in [-0.39, 0.29) is 5.02 Å². The Morgan fingerprint density at radius 2 is 2.00 bits per heavy atom. The quantitative estimate of drug-likeness (QED) is 0.788. The van der Waals surface area contributed by atoms with Crippen molar-refractivity contribution in [2.75, 3.05) is 5.73 Å². The minimum atomic E-state index is -0.519. The summed E-state index contributed by atoms with van der Waals surface area (Å²) < 4.78 is 15.8. The van der Waals surface area contributed by atoms with E-state index in [1.807, 2.05) is 6.07 Å². The van der Waals surface area contributed by atoms with Gasteiger partial charge >= 0.3 is 0 Å². The van der Waals surface area contributed by atoms with E-state index in [0.717, 1.165) is 0 Å². The van der Waals surface area contributed by atoms with Gasteiger partial charge in [0.05, 0.1) is 16.3 Å². The zero-order chi connectivity index (χ0) is 15.0. The molecule has 2 N–H and O–H groups in total. The molecule has 2 aromatic heterocycles. The molecule has 0 saturated carbocycles. The lowest BCUT2D eigenvalue weighted by Crippen LogP contribution is -1.98. The number of nitrogen functional groups attached to an aromatic ring is 1. The number of nitrogens with two attached hydrogens (primary N) is 1. The molecule has 0 atom stereocenters. The number of anilines is 1. The van der Waals surface area contributed by atoms with Crippen LogP contribution in [0.5, 0.6) is 0 Å². The van der Waals surface area contributed by atoms with E-state index in [0.29, 0.717) is 28.3 Å².